The number of rotatable bonds is 2. The Kier molecular flexibility index (Phi) is 3.36. The smallest absolute Gasteiger partial charge is 0.187 e. The lowest BCUT2D eigenvalue weighted by Gasteiger charge is -2.09. The van der Waals surface area contributed by atoms with Crippen molar-refractivity contribution in [3.63, 3.8) is 0 Å². The fraction of sp³-hybridized carbons (Fsp3) is 0.0769. The molecule has 0 heterocycles. The average Bonchev–Trinajstić information content (AvgIpc) is 2.32. The van der Waals surface area contributed by atoms with E-state index in [0.717, 1.165) is 5.56 Å². The molecule has 0 aromatic heterocycles. The van der Waals surface area contributed by atoms with Crippen LogP contribution in [0.1, 0.15) is 5.56 Å². The normalized spacial score (nSPS) is 12.3. The second-order valence-electron chi connectivity index (χ2n) is 3.95. The van der Waals surface area contributed by atoms with Crippen molar-refractivity contribution in [2.24, 2.45) is 0 Å². The maximum absolute atomic E-state index is 11.3. The van der Waals surface area contributed by atoms with Gasteiger partial charge in [0.15, 0.2) is 22.6 Å². The molecule has 0 aliphatic rings. The van der Waals surface area contributed by atoms with E-state index in [0.29, 0.717) is 11.1 Å². The van der Waals surface area contributed by atoms with Crippen LogP contribution in [0.3, 0.4) is 0 Å². The molecule has 0 aliphatic heterocycles. The Balaban J connectivity index is 2.65. The molecule has 4 nitrogen and oxygen atoms in total. The molecule has 94 valence electrons. The van der Waals surface area contributed by atoms with Crippen LogP contribution in [0, 0.1) is 6.92 Å². The predicted octanol–water partition coefficient (Wildman–Crippen LogP) is 2.65. The van der Waals surface area contributed by atoms with Crippen LogP contribution >= 0.6 is 0 Å². The Bertz CT molecular complexity index is 622. The molecule has 5 heteroatoms. The summed E-state index contributed by atoms with van der Waals surface area (Å²) in [5.41, 5.74) is 2.07. The number of hydrogen-bond donors (Lipinski definition) is 3. The van der Waals surface area contributed by atoms with Crippen LogP contribution in [-0.2, 0) is 11.1 Å². The molecule has 0 radical (unpaired) electrons. The van der Waals surface area contributed by atoms with Gasteiger partial charge in [0, 0.05) is 5.56 Å². The van der Waals surface area contributed by atoms with Gasteiger partial charge in [-0.15, -0.1) is 0 Å². The largest absolute Gasteiger partial charge is 0.504 e. The molecule has 2 aromatic carbocycles. The predicted molar refractivity (Wildman–Crippen MR) is 69.0 cm³/mol. The molecule has 2 rings (SSSR count). The first-order valence-corrected chi connectivity index (χ1v) is 6.33. The lowest BCUT2D eigenvalue weighted by molar-refractivity contribution is 0.404. The first-order chi connectivity index (χ1) is 8.49. The van der Waals surface area contributed by atoms with Crippen molar-refractivity contribution in [3.05, 3.63) is 42.0 Å². The minimum atomic E-state index is -2.11. The number of aromatic hydroxyl groups is 2. The van der Waals surface area contributed by atoms with Crippen molar-refractivity contribution in [1.82, 2.24) is 0 Å². The highest BCUT2D eigenvalue weighted by Crippen LogP contribution is 2.33. The first kappa shape index (κ1) is 12.6. The molecular formula is C13H12O4S. The van der Waals surface area contributed by atoms with E-state index in [1.807, 2.05) is 6.92 Å². The highest BCUT2D eigenvalue weighted by molar-refractivity contribution is 7.79. The molecule has 0 saturated carbocycles. The van der Waals surface area contributed by atoms with Gasteiger partial charge in [-0.25, -0.2) is 4.21 Å². The van der Waals surface area contributed by atoms with Crippen LogP contribution in [0.15, 0.2) is 41.3 Å². The van der Waals surface area contributed by atoms with Crippen molar-refractivity contribution in [2.75, 3.05) is 0 Å². The Morgan fingerprint density at radius 1 is 1.00 bits per heavy atom. The molecule has 0 spiro atoms. The molecular weight excluding hydrogens is 252 g/mol. The summed E-state index contributed by atoms with van der Waals surface area (Å²) in [4.78, 5) is 0.269. The minimum absolute atomic E-state index is 0.224. The van der Waals surface area contributed by atoms with Crippen LogP contribution in [0.4, 0.5) is 0 Å². The van der Waals surface area contributed by atoms with Crippen molar-refractivity contribution >= 4 is 11.1 Å². The summed E-state index contributed by atoms with van der Waals surface area (Å²) in [7, 11) is 0. The summed E-state index contributed by atoms with van der Waals surface area (Å²) in [6.07, 6.45) is 0. The number of benzene rings is 2. The van der Waals surface area contributed by atoms with Crippen LogP contribution in [0.25, 0.3) is 11.1 Å². The first-order valence-electron chi connectivity index (χ1n) is 5.23. The molecule has 0 aliphatic carbocycles. The summed E-state index contributed by atoms with van der Waals surface area (Å²) in [6, 6.07) is 9.37. The second kappa shape index (κ2) is 4.80. The van der Waals surface area contributed by atoms with Gasteiger partial charge in [-0.2, -0.15) is 0 Å². The zero-order valence-electron chi connectivity index (χ0n) is 9.62. The van der Waals surface area contributed by atoms with Gasteiger partial charge in [0.1, 0.15) is 0 Å². The lowest BCUT2D eigenvalue weighted by Crippen LogP contribution is -1.93. The fourth-order valence-corrected chi connectivity index (χ4v) is 2.26. The maximum Gasteiger partial charge on any atom is 0.187 e. The molecule has 2 aromatic rings. The molecule has 0 fully saturated rings. The van der Waals surface area contributed by atoms with Gasteiger partial charge >= 0.3 is 0 Å². The molecule has 3 N–H and O–H groups in total. The third-order valence-electron chi connectivity index (χ3n) is 2.61. The number of hydrogen-bond acceptors (Lipinski definition) is 3. The number of aryl methyl sites for hydroxylation is 1. The van der Waals surface area contributed by atoms with Gasteiger partial charge in [0.2, 0.25) is 0 Å². The van der Waals surface area contributed by atoms with Crippen molar-refractivity contribution in [3.8, 4) is 22.6 Å². The zero-order valence-corrected chi connectivity index (χ0v) is 10.4. The quantitative estimate of drug-likeness (QED) is 0.575. The molecule has 0 amide bonds. The van der Waals surface area contributed by atoms with Gasteiger partial charge in [0.05, 0.1) is 4.90 Å². The summed E-state index contributed by atoms with van der Waals surface area (Å²) in [6.45, 7) is 1.87. The van der Waals surface area contributed by atoms with Crippen LogP contribution in [0.2, 0.25) is 0 Å². The van der Waals surface area contributed by atoms with Gasteiger partial charge < -0.3 is 14.8 Å². The van der Waals surface area contributed by atoms with Crippen LogP contribution < -0.4 is 0 Å². The van der Waals surface area contributed by atoms with Gasteiger partial charge in [-0.1, -0.05) is 23.8 Å². The highest BCUT2D eigenvalue weighted by atomic mass is 32.2. The van der Waals surface area contributed by atoms with Crippen molar-refractivity contribution in [2.45, 2.75) is 11.8 Å². The summed E-state index contributed by atoms with van der Waals surface area (Å²) < 4.78 is 20.5. The Morgan fingerprint density at radius 3 is 2.33 bits per heavy atom. The van der Waals surface area contributed by atoms with E-state index in [1.54, 1.807) is 24.3 Å². The van der Waals surface area contributed by atoms with E-state index in [-0.39, 0.29) is 16.4 Å². The summed E-state index contributed by atoms with van der Waals surface area (Å²) in [5, 5.41) is 18.7. The van der Waals surface area contributed by atoms with E-state index in [4.69, 9.17) is 0 Å². The molecule has 0 saturated heterocycles. The van der Waals surface area contributed by atoms with E-state index in [9.17, 15) is 19.0 Å². The molecule has 0 bridgehead atoms. The third-order valence-corrected chi connectivity index (χ3v) is 3.34. The summed E-state index contributed by atoms with van der Waals surface area (Å²) in [5.74, 6) is -0.484. The van der Waals surface area contributed by atoms with Gasteiger partial charge in [-0.3, -0.25) is 0 Å². The van der Waals surface area contributed by atoms with E-state index < -0.39 is 11.1 Å². The van der Waals surface area contributed by atoms with E-state index in [1.165, 1.54) is 12.1 Å². The Hall–Kier alpha value is -1.85. The number of phenols is 2. The second-order valence-corrected chi connectivity index (χ2v) is 4.89. The lowest BCUT2D eigenvalue weighted by atomic mass is 10.0. The van der Waals surface area contributed by atoms with Crippen molar-refractivity contribution in [1.29, 1.82) is 0 Å². The SMILES string of the molecule is Cc1ccc(S(=O)O)c(-c2ccc(O)c(O)c2)c1. The zero-order chi connectivity index (χ0) is 13.3. The van der Waals surface area contributed by atoms with Crippen molar-refractivity contribution < 1.29 is 19.0 Å². The minimum Gasteiger partial charge on any atom is -0.504 e. The Morgan fingerprint density at radius 2 is 1.72 bits per heavy atom. The van der Waals surface area contributed by atoms with E-state index >= 15 is 0 Å². The highest BCUT2D eigenvalue weighted by Gasteiger charge is 2.11. The molecule has 1 atom stereocenters. The third kappa shape index (κ3) is 2.37. The average molecular weight is 264 g/mol. The molecule has 18 heavy (non-hydrogen) atoms. The van der Waals surface area contributed by atoms with Gasteiger partial charge in [-0.05, 0) is 30.7 Å². The maximum atomic E-state index is 11.3. The Labute approximate surface area is 107 Å². The fourth-order valence-electron chi connectivity index (χ4n) is 1.71. The van der Waals surface area contributed by atoms with Crippen LogP contribution in [-0.4, -0.2) is 19.0 Å². The molecule has 1 unspecified atom stereocenters. The topological polar surface area (TPSA) is 77.8 Å². The monoisotopic (exact) mass is 264 g/mol. The van der Waals surface area contributed by atoms with Crippen LogP contribution in [0.5, 0.6) is 11.5 Å². The standard InChI is InChI=1S/C13H12O4S/c1-8-2-5-13(18(16)17)10(6-8)9-3-4-11(14)12(15)7-9/h2-7,14-15H,1H3,(H,16,17). The van der Waals surface area contributed by atoms with Gasteiger partial charge in [0.25, 0.3) is 0 Å². The summed E-state index contributed by atoms with van der Waals surface area (Å²) >= 11 is -2.11. The van der Waals surface area contributed by atoms with E-state index in [2.05, 4.69) is 0 Å². The number of phenolic OH excluding ortho intramolecular Hbond substituents is 2.